The highest BCUT2D eigenvalue weighted by molar-refractivity contribution is 5.27. The zero-order valence-corrected chi connectivity index (χ0v) is 10.6. The van der Waals surface area contributed by atoms with Crippen LogP contribution in [0.2, 0.25) is 0 Å². The van der Waals surface area contributed by atoms with Crippen molar-refractivity contribution in [2.24, 2.45) is 0 Å². The van der Waals surface area contributed by atoms with Crippen LogP contribution in [0.1, 0.15) is 0 Å². The fourth-order valence-electron chi connectivity index (χ4n) is 1.66. The minimum absolute atomic E-state index is 0.0218. The zero-order chi connectivity index (χ0) is 15.6. The van der Waals surface area contributed by atoms with Crippen LogP contribution in [-0.4, -0.2) is 57.4 Å². The molecule has 0 aliphatic rings. The molecule has 0 aromatic carbocycles. The molecule has 1 aromatic heterocycles. The largest absolute Gasteiger partial charge is 0.393 e. The summed E-state index contributed by atoms with van der Waals surface area (Å²) < 4.78 is 32.7. The van der Waals surface area contributed by atoms with Gasteiger partial charge in [0.1, 0.15) is 0 Å². The molecule has 0 saturated carbocycles. The number of nitrogen functional groups attached to an aromatic ring is 1. The van der Waals surface area contributed by atoms with Gasteiger partial charge in [-0.3, -0.25) is 4.57 Å². The molecule has 1 rings (SSSR count). The summed E-state index contributed by atoms with van der Waals surface area (Å²) in [5, 5.41) is 28.3. The summed E-state index contributed by atoms with van der Waals surface area (Å²) in [5.41, 5.74) is 1.02. The van der Waals surface area contributed by atoms with Crippen molar-refractivity contribution in [1.82, 2.24) is 9.55 Å². The Labute approximate surface area is 112 Å². The van der Waals surface area contributed by atoms with Gasteiger partial charge in [-0.25, -0.2) is 13.6 Å². The summed E-state index contributed by atoms with van der Waals surface area (Å²) in [7, 11) is 1.10. The highest BCUT2D eigenvalue weighted by atomic mass is 19.1. The van der Waals surface area contributed by atoms with Gasteiger partial charge in [0, 0.05) is 7.11 Å². The van der Waals surface area contributed by atoms with Crippen molar-refractivity contribution in [2.75, 3.05) is 32.7 Å². The number of nitrogens with zero attached hydrogens (tertiary/aromatic N) is 2. The Morgan fingerprint density at radius 1 is 1.50 bits per heavy atom. The molecular weight excluding hydrogens is 280 g/mol. The second kappa shape index (κ2) is 5.79. The van der Waals surface area contributed by atoms with E-state index in [1.165, 1.54) is 0 Å². The predicted molar refractivity (Wildman–Crippen MR) is 62.9 cm³/mol. The van der Waals surface area contributed by atoms with Crippen LogP contribution < -0.4 is 11.4 Å². The van der Waals surface area contributed by atoms with E-state index in [2.05, 4.69) is 9.72 Å². The minimum atomic E-state index is -3.25. The Bertz CT molecular complexity index is 540. The van der Waals surface area contributed by atoms with Crippen LogP contribution >= 0.6 is 0 Å². The monoisotopic (exact) mass is 295 g/mol. The number of methoxy groups -OCH3 is 1. The van der Waals surface area contributed by atoms with E-state index in [1.807, 2.05) is 0 Å². The number of halogens is 2. The Hall–Kier alpha value is -1.62. The topological polar surface area (TPSA) is 131 Å². The van der Waals surface area contributed by atoms with Crippen LogP contribution in [0.4, 0.5) is 14.6 Å². The first-order chi connectivity index (χ1) is 9.25. The molecule has 0 radical (unpaired) electrons. The van der Waals surface area contributed by atoms with Gasteiger partial charge >= 0.3 is 5.69 Å². The molecule has 114 valence electrons. The van der Waals surface area contributed by atoms with Crippen LogP contribution in [0.3, 0.4) is 0 Å². The summed E-state index contributed by atoms with van der Waals surface area (Å²) >= 11 is 0. The lowest BCUT2D eigenvalue weighted by molar-refractivity contribution is -0.214. The standard InChI is InChI=1S/C10H15F2N3O5/c1-20-5-9(19,3-16)10(12,4-17)15-2-6(11)7(13)14-8(15)18/h2,16-17,19H,3-5H2,1H3,(H2,13,14,18)/t9?,10-/m0/s1. The normalized spacial score (nSPS) is 17.5. The lowest BCUT2D eigenvalue weighted by Gasteiger charge is -2.39. The fraction of sp³-hybridized carbons (Fsp3) is 0.600. The van der Waals surface area contributed by atoms with E-state index in [0.717, 1.165) is 7.11 Å². The van der Waals surface area contributed by atoms with Crippen LogP contribution in [0, 0.1) is 5.82 Å². The van der Waals surface area contributed by atoms with E-state index in [4.69, 9.17) is 10.8 Å². The second-order valence-electron chi connectivity index (χ2n) is 4.17. The summed E-state index contributed by atoms with van der Waals surface area (Å²) in [6.45, 7) is -3.40. The highest BCUT2D eigenvalue weighted by Gasteiger charge is 2.54. The van der Waals surface area contributed by atoms with Gasteiger partial charge in [-0.15, -0.1) is 0 Å². The van der Waals surface area contributed by atoms with Gasteiger partial charge in [0.05, 0.1) is 26.0 Å². The van der Waals surface area contributed by atoms with Crippen molar-refractivity contribution in [2.45, 2.75) is 11.4 Å². The summed E-state index contributed by atoms with van der Waals surface area (Å²) in [6, 6.07) is 0. The number of alkyl halides is 1. The third-order valence-corrected chi connectivity index (χ3v) is 2.86. The number of ether oxygens (including phenoxy) is 1. The fourth-order valence-corrected chi connectivity index (χ4v) is 1.66. The maximum atomic E-state index is 14.8. The van der Waals surface area contributed by atoms with E-state index in [1.54, 1.807) is 0 Å². The molecule has 1 unspecified atom stereocenters. The molecule has 0 aliphatic heterocycles. The number of hydrogen-bond donors (Lipinski definition) is 4. The molecule has 0 amide bonds. The minimum Gasteiger partial charge on any atom is -0.393 e. The third kappa shape index (κ3) is 2.50. The molecular formula is C10H15F2N3O5. The number of aliphatic hydroxyl groups is 3. The Kier molecular flexibility index (Phi) is 4.76. The third-order valence-electron chi connectivity index (χ3n) is 2.86. The summed E-state index contributed by atoms with van der Waals surface area (Å²) in [4.78, 5) is 14.6. The highest BCUT2D eigenvalue weighted by Crippen LogP contribution is 2.31. The van der Waals surface area contributed by atoms with E-state index < -0.39 is 48.5 Å². The second-order valence-corrected chi connectivity index (χ2v) is 4.17. The van der Waals surface area contributed by atoms with Gasteiger partial charge in [-0.2, -0.15) is 4.98 Å². The van der Waals surface area contributed by atoms with Gasteiger partial charge < -0.3 is 25.8 Å². The lowest BCUT2D eigenvalue weighted by atomic mass is 9.93. The molecule has 2 atom stereocenters. The number of anilines is 1. The quantitative estimate of drug-likeness (QED) is 0.475. The van der Waals surface area contributed by atoms with Crippen molar-refractivity contribution < 1.29 is 28.8 Å². The van der Waals surface area contributed by atoms with Crippen LogP contribution in [0.15, 0.2) is 11.0 Å². The van der Waals surface area contributed by atoms with Crippen molar-refractivity contribution in [3.05, 3.63) is 22.5 Å². The molecule has 0 spiro atoms. The smallest absolute Gasteiger partial charge is 0.352 e. The van der Waals surface area contributed by atoms with Crippen molar-refractivity contribution >= 4 is 5.82 Å². The predicted octanol–water partition coefficient (Wildman–Crippen LogP) is -2.05. The molecule has 1 heterocycles. The van der Waals surface area contributed by atoms with Crippen molar-refractivity contribution in [3.63, 3.8) is 0 Å². The van der Waals surface area contributed by atoms with Crippen molar-refractivity contribution in [3.8, 4) is 0 Å². The Morgan fingerprint density at radius 3 is 2.55 bits per heavy atom. The van der Waals surface area contributed by atoms with Gasteiger partial charge in [-0.05, 0) is 0 Å². The molecule has 0 fully saturated rings. The van der Waals surface area contributed by atoms with Gasteiger partial charge in [0.2, 0.25) is 5.79 Å². The van der Waals surface area contributed by atoms with E-state index in [9.17, 15) is 23.8 Å². The number of aromatic nitrogens is 2. The van der Waals surface area contributed by atoms with E-state index in [0.29, 0.717) is 6.20 Å². The van der Waals surface area contributed by atoms with E-state index >= 15 is 0 Å². The molecule has 0 aliphatic carbocycles. The first-order valence-electron chi connectivity index (χ1n) is 5.43. The summed E-state index contributed by atoms with van der Waals surface area (Å²) in [5.74, 6) is -5.24. The van der Waals surface area contributed by atoms with Crippen LogP contribution in [0.5, 0.6) is 0 Å². The maximum Gasteiger partial charge on any atom is 0.352 e. The molecule has 0 bridgehead atoms. The first-order valence-corrected chi connectivity index (χ1v) is 5.43. The Balaban J connectivity index is 3.51. The van der Waals surface area contributed by atoms with Crippen LogP contribution in [-0.2, 0) is 10.5 Å². The maximum absolute atomic E-state index is 14.8. The lowest BCUT2D eigenvalue weighted by Crippen LogP contribution is -2.62. The SMILES string of the molecule is COCC(O)(CO)[C@](F)(CO)n1cc(F)c(N)nc1=O. The summed E-state index contributed by atoms with van der Waals surface area (Å²) in [6.07, 6.45) is 0.344. The molecule has 20 heavy (non-hydrogen) atoms. The number of rotatable bonds is 6. The number of hydrogen-bond acceptors (Lipinski definition) is 7. The number of aliphatic hydroxyl groups excluding tert-OH is 2. The zero-order valence-electron chi connectivity index (χ0n) is 10.6. The van der Waals surface area contributed by atoms with Gasteiger partial charge in [0.15, 0.2) is 17.2 Å². The molecule has 1 aromatic rings. The number of nitrogens with two attached hydrogens (primary N) is 1. The molecule has 10 heteroatoms. The Morgan fingerprint density at radius 2 is 2.10 bits per heavy atom. The average Bonchev–Trinajstić information content (AvgIpc) is 2.42. The van der Waals surface area contributed by atoms with E-state index in [-0.39, 0.29) is 4.57 Å². The van der Waals surface area contributed by atoms with Crippen molar-refractivity contribution in [1.29, 1.82) is 0 Å². The van der Waals surface area contributed by atoms with Crippen LogP contribution in [0.25, 0.3) is 0 Å². The molecule has 8 nitrogen and oxygen atoms in total. The van der Waals surface area contributed by atoms with Gasteiger partial charge in [-0.1, -0.05) is 0 Å². The van der Waals surface area contributed by atoms with Gasteiger partial charge in [0.25, 0.3) is 0 Å². The molecule has 5 N–H and O–H groups in total. The average molecular weight is 295 g/mol. The first kappa shape index (κ1) is 16.4. The molecule has 0 saturated heterocycles.